The minimum Gasteiger partial charge on any atom is -0.381 e. The van der Waals surface area contributed by atoms with Crippen molar-refractivity contribution in [2.45, 2.75) is 25.4 Å². The van der Waals surface area contributed by atoms with Crippen molar-refractivity contribution in [3.63, 3.8) is 0 Å². The molecule has 0 N–H and O–H groups in total. The Bertz CT molecular complexity index is 309. The molecule has 0 radical (unpaired) electrons. The standard InChI is InChI=1S/C11H16BrNOS/c1-13(10-2-4-14-5-3-10)7-9-6-11(12)15-8-9/h6,8,10H,2-5,7H2,1H3. The number of nitrogens with zero attached hydrogens (tertiary/aromatic N) is 1. The first-order chi connectivity index (χ1) is 7.25. The molecule has 15 heavy (non-hydrogen) atoms. The highest BCUT2D eigenvalue weighted by atomic mass is 79.9. The van der Waals surface area contributed by atoms with Crippen LogP contribution in [0.2, 0.25) is 0 Å². The Morgan fingerprint density at radius 1 is 1.53 bits per heavy atom. The lowest BCUT2D eigenvalue weighted by atomic mass is 10.1. The van der Waals surface area contributed by atoms with Crippen molar-refractivity contribution in [2.75, 3.05) is 20.3 Å². The summed E-state index contributed by atoms with van der Waals surface area (Å²) in [6.45, 7) is 2.89. The molecule has 0 spiro atoms. The van der Waals surface area contributed by atoms with E-state index >= 15 is 0 Å². The fraction of sp³-hybridized carbons (Fsp3) is 0.636. The third-order valence-electron chi connectivity index (χ3n) is 2.87. The molecule has 0 bridgehead atoms. The summed E-state index contributed by atoms with van der Waals surface area (Å²) in [6, 6.07) is 2.90. The molecule has 0 unspecified atom stereocenters. The molecule has 2 rings (SSSR count). The van der Waals surface area contributed by atoms with E-state index in [0.29, 0.717) is 6.04 Å². The second-order valence-electron chi connectivity index (χ2n) is 4.02. The molecule has 1 aromatic heterocycles. The van der Waals surface area contributed by atoms with Gasteiger partial charge >= 0.3 is 0 Å². The number of ether oxygens (including phenoxy) is 1. The molecule has 0 saturated carbocycles. The van der Waals surface area contributed by atoms with Crippen molar-refractivity contribution in [2.24, 2.45) is 0 Å². The molecule has 0 amide bonds. The van der Waals surface area contributed by atoms with Crippen molar-refractivity contribution >= 4 is 27.3 Å². The van der Waals surface area contributed by atoms with Gasteiger partial charge in [-0.1, -0.05) is 0 Å². The summed E-state index contributed by atoms with van der Waals surface area (Å²) < 4.78 is 6.59. The van der Waals surface area contributed by atoms with Crippen LogP contribution in [0.25, 0.3) is 0 Å². The minimum absolute atomic E-state index is 0.692. The van der Waals surface area contributed by atoms with Crippen molar-refractivity contribution in [3.05, 3.63) is 20.8 Å². The summed E-state index contributed by atoms with van der Waals surface area (Å²) in [4.78, 5) is 2.44. The van der Waals surface area contributed by atoms with Crippen LogP contribution in [0.4, 0.5) is 0 Å². The summed E-state index contributed by atoms with van der Waals surface area (Å²) in [6.07, 6.45) is 2.34. The molecule has 1 aliphatic heterocycles. The Morgan fingerprint density at radius 3 is 2.87 bits per heavy atom. The normalized spacial score (nSPS) is 18.6. The first-order valence-electron chi connectivity index (χ1n) is 5.26. The maximum Gasteiger partial charge on any atom is 0.0701 e. The SMILES string of the molecule is CN(Cc1csc(Br)c1)C1CCOCC1. The van der Waals surface area contributed by atoms with E-state index in [2.05, 4.69) is 39.3 Å². The molecule has 0 atom stereocenters. The zero-order valence-corrected chi connectivity index (χ0v) is 11.3. The number of hydrogen-bond acceptors (Lipinski definition) is 3. The number of halogens is 1. The topological polar surface area (TPSA) is 12.5 Å². The number of rotatable bonds is 3. The fourth-order valence-electron chi connectivity index (χ4n) is 1.97. The van der Waals surface area contributed by atoms with E-state index in [9.17, 15) is 0 Å². The molecule has 1 fully saturated rings. The van der Waals surface area contributed by atoms with Gasteiger partial charge in [-0.05, 0) is 52.8 Å². The molecular formula is C11H16BrNOS. The van der Waals surface area contributed by atoms with Crippen molar-refractivity contribution in [1.82, 2.24) is 4.90 Å². The van der Waals surface area contributed by atoms with Gasteiger partial charge in [0.25, 0.3) is 0 Å². The summed E-state index contributed by atoms with van der Waals surface area (Å²) >= 11 is 5.26. The Balaban J connectivity index is 1.88. The Kier molecular flexibility index (Phi) is 4.20. The second-order valence-corrected chi connectivity index (χ2v) is 6.31. The van der Waals surface area contributed by atoms with Crippen LogP contribution in [-0.2, 0) is 11.3 Å². The molecule has 2 nitrogen and oxygen atoms in total. The third-order valence-corrected chi connectivity index (χ3v) is 4.42. The lowest BCUT2D eigenvalue weighted by Crippen LogP contribution is -2.36. The van der Waals surface area contributed by atoms with Crippen molar-refractivity contribution in [3.8, 4) is 0 Å². The number of thiophene rings is 1. The van der Waals surface area contributed by atoms with Crippen LogP contribution >= 0.6 is 27.3 Å². The third kappa shape index (κ3) is 3.28. The van der Waals surface area contributed by atoms with E-state index in [4.69, 9.17) is 4.74 Å². The highest BCUT2D eigenvalue weighted by Gasteiger charge is 2.18. The molecule has 84 valence electrons. The average Bonchev–Trinajstić information content (AvgIpc) is 2.65. The van der Waals surface area contributed by atoms with Gasteiger partial charge in [0.15, 0.2) is 0 Å². The van der Waals surface area contributed by atoms with E-state index < -0.39 is 0 Å². The molecule has 4 heteroatoms. The quantitative estimate of drug-likeness (QED) is 0.848. The monoisotopic (exact) mass is 289 g/mol. The van der Waals surface area contributed by atoms with Gasteiger partial charge in [0, 0.05) is 25.8 Å². The van der Waals surface area contributed by atoms with Crippen LogP contribution in [0.15, 0.2) is 15.2 Å². The zero-order valence-electron chi connectivity index (χ0n) is 8.91. The lowest BCUT2D eigenvalue weighted by Gasteiger charge is -2.30. The Morgan fingerprint density at radius 2 is 2.27 bits per heavy atom. The van der Waals surface area contributed by atoms with Gasteiger partial charge in [-0.15, -0.1) is 11.3 Å². The van der Waals surface area contributed by atoms with Gasteiger partial charge in [0.1, 0.15) is 0 Å². The molecule has 1 aromatic rings. The lowest BCUT2D eigenvalue weighted by molar-refractivity contribution is 0.0407. The summed E-state index contributed by atoms with van der Waals surface area (Å²) in [7, 11) is 2.21. The van der Waals surface area contributed by atoms with Crippen LogP contribution in [0.3, 0.4) is 0 Å². The van der Waals surface area contributed by atoms with Gasteiger partial charge in [0.2, 0.25) is 0 Å². The maximum absolute atomic E-state index is 5.37. The van der Waals surface area contributed by atoms with E-state index in [0.717, 1.165) is 19.8 Å². The molecule has 0 aromatic carbocycles. The molecule has 1 aliphatic rings. The first kappa shape index (κ1) is 11.6. The molecular weight excluding hydrogens is 274 g/mol. The Hall–Kier alpha value is 0.1000. The van der Waals surface area contributed by atoms with E-state index in [1.54, 1.807) is 11.3 Å². The minimum atomic E-state index is 0.692. The summed E-state index contributed by atoms with van der Waals surface area (Å²) in [5, 5.41) is 2.22. The van der Waals surface area contributed by atoms with E-state index in [1.165, 1.54) is 22.2 Å². The molecule has 2 heterocycles. The summed E-state index contributed by atoms with van der Waals surface area (Å²) in [5.74, 6) is 0. The fourth-order valence-corrected chi connectivity index (χ4v) is 3.17. The zero-order chi connectivity index (χ0) is 10.7. The van der Waals surface area contributed by atoms with Crippen LogP contribution in [0.1, 0.15) is 18.4 Å². The van der Waals surface area contributed by atoms with Crippen molar-refractivity contribution < 1.29 is 4.74 Å². The smallest absolute Gasteiger partial charge is 0.0701 e. The molecule has 1 saturated heterocycles. The second kappa shape index (κ2) is 5.43. The highest BCUT2D eigenvalue weighted by Crippen LogP contribution is 2.23. The summed E-state index contributed by atoms with van der Waals surface area (Å²) in [5.41, 5.74) is 1.40. The van der Waals surface area contributed by atoms with Crippen LogP contribution in [0, 0.1) is 0 Å². The van der Waals surface area contributed by atoms with Crippen LogP contribution in [-0.4, -0.2) is 31.2 Å². The van der Waals surface area contributed by atoms with Gasteiger partial charge < -0.3 is 4.74 Å². The maximum atomic E-state index is 5.37. The predicted molar refractivity (Wildman–Crippen MR) is 67.3 cm³/mol. The highest BCUT2D eigenvalue weighted by molar-refractivity contribution is 9.11. The van der Waals surface area contributed by atoms with Gasteiger partial charge in [-0.3, -0.25) is 4.90 Å². The number of hydrogen-bond donors (Lipinski definition) is 0. The van der Waals surface area contributed by atoms with Crippen molar-refractivity contribution in [1.29, 1.82) is 0 Å². The first-order valence-corrected chi connectivity index (χ1v) is 6.94. The van der Waals surface area contributed by atoms with Crippen LogP contribution < -0.4 is 0 Å². The Labute approximate surface area is 103 Å². The van der Waals surface area contributed by atoms with Gasteiger partial charge in [-0.2, -0.15) is 0 Å². The van der Waals surface area contributed by atoms with Gasteiger partial charge in [-0.25, -0.2) is 0 Å². The van der Waals surface area contributed by atoms with Gasteiger partial charge in [0.05, 0.1) is 3.79 Å². The molecule has 0 aliphatic carbocycles. The largest absolute Gasteiger partial charge is 0.381 e. The average molecular weight is 290 g/mol. The predicted octanol–water partition coefficient (Wildman–Crippen LogP) is 3.12. The van der Waals surface area contributed by atoms with E-state index in [1.807, 2.05) is 0 Å². The van der Waals surface area contributed by atoms with Crippen LogP contribution in [0.5, 0.6) is 0 Å². The van der Waals surface area contributed by atoms with E-state index in [-0.39, 0.29) is 0 Å².